The number of nitro groups is 1. The van der Waals surface area contributed by atoms with Gasteiger partial charge in [-0.1, -0.05) is 17.7 Å². The highest BCUT2D eigenvalue weighted by Gasteiger charge is 2.10. The number of non-ortho nitro benzene ring substituents is 1. The molecule has 3 aromatic carbocycles. The van der Waals surface area contributed by atoms with Crippen LogP contribution in [0, 0.1) is 21.4 Å². The number of nitro benzene ring substituents is 1. The lowest BCUT2D eigenvalue weighted by atomic mass is 10.0. The second-order valence-corrected chi connectivity index (χ2v) is 7.14. The summed E-state index contributed by atoms with van der Waals surface area (Å²) in [5.74, 6) is 0.635. The summed E-state index contributed by atoms with van der Waals surface area (Å²) in [6.07, 6.45) is 1.60. The van der Waals surface area contributed by atoms with Crippen molar-refractivity contribution in [2.24, 2.45) is 0 Å². The Morgan fingerprint density at radius 1 is 1.15 bits per heavy atom. The van der Waals surface area contributed by atoms with Crippen molar-refractivity contribution in [2.75, 3.05) is 19.0 Å². The Kier molecular flexibility index (Phi) is 7.63. The van der Waals surface area contributed by atoms with Gasteiger partial charge < -0.3 is 14.8 Å². The van der Waals surface area contributed by atoms with Gasteiger partial charge in [0.2, 0.25) is 0 Å². The molecule has 0 aliphatic carbocycles. The number of carbonyl (C=O) groups excluding carboxylic acids is 1. The van der Waals surface area contributed by atoms with Crippen LogP contribution in [0.1, 0.15) is 11.1 Å². The van der Waals surface area contributed by atoms with Gasteiger partial charge in [-0.3, -0.25) is 14.9 Å². The van der Waals surface area contributed by atoms with Crippen LogP contribution < -0.4 is 14.8 Å². The number of carbonyl (C=O) groups is 1. The van der Waals surface area contributed by atoms with Crippen LogP contribution in [0.25, 0.3) is 11.6 Å². The number of allylic oxidation sites excluding steroid dienone is 1. The van der Waals surface area contributed by atoms with Crippen molar-refractivity contribution in [2.45, 2.75) is 0 Å². The molecule has 8 nitrogen and oxygen atoms in total. The van der Waals surface area contributed by atoms with Crippen LogP contribution >= 0.6 is 11.6 Å². The number of rotatable bonds is 8. The molecular weight excluding hydrogens is 446 g/mol. The average molecular weight is 464 g/mol. The normalized spacial score (nSPS) is 10.8. The minimum atomic E-state index is -0.505. The second kappa shape index (κ2) is 10.8. The van der Waals surface area contributed by atoms with Crippen LogP contribution in [0.4, 0.5) is 11.4 Å². The number of methoxy groups -OCH3 is 1. The molecule has 0 unspecified atom stereocenters. The molecule has 0 saturated heterocycles. The molecule has 0 heterocycles. The summed E-state index contributed by atoms with van der Waals surface area (Å²) in [6.45, 7) is -0.243. The van der Waals surface area contributed by atoms with E-state index in [1.807, 2.05) is 0 Å². The second-order valence-electron chi connectivity index (χ2n) is 6.73. The van der Waals surface area contributed by atoms with Crippen LogP contribution in [0.5, 0.6) is 11.5 Å². The number of ether oxygens (including phenoxy) is 2. The summed E-state index contributed by atoms with van der Waals surface area (Å²) in [5.41, 5.74) is 2.02. The van der Waals surface area contributed by atoms with E-state index in [1.54, 1.807) is 55.7 Å². The molecule has 0 aliphatic heterocycles. The maximum Gasteiger partial charge on any atom is 0.269 e. The Morgan fingerprint density at radius 3 is 2.42 bits per heavy atom. The maximum absolute atomic E-state index is 12.1. The number of hydrogen-bond acceptors (Lipinski definition) is 6. The number of nitrogens with one attached hydrogen (secondary N) is 1. The first kappa shape index (κ1) is 23.3. The Morgan fingerprint density at radius 2 is 1.85 bits per heavy atom. The van der Waals surface area contributed by atoms with E-state index in [2.05, 4.69) is 11.4 Å². The van der Waals surface area contributed by atoms with Crippen molar-refractivity contribution in [3.05, 3.63) is 93.0 Å². The van der Waals surface area contributed by atoms with Gasteiger partial charge in [-0.25, -0.2) is 0 Å². The number of amides is 1. The van der Waals surface area contributed by atoms with Crippen LogP contribution in [0.15, 0.2) is 66.7 Å². The van der Waals surface area contributed by atoms with Crippen molar-refractivity contribution in [3.8, 4) is 17.6 Å². The summed E-state index contributed by atoms with van der Waals surface area (Å²) in [6, 6.07) is 19.5. The predicted octanol–water partition coefficient (Wildman–Crippen LogP) is 5.34. The first-order valence-electron chi connectivity index (χ1n) is 9.62. The summed E-state index contributed by atoms with van der Waals surface area (Å²) in [5, 5.41) is 23.2. The highest BCUT2D eigenvalue weighted by atomic mass is 35.5. The molecule has 1 N–H and O–H groups in total. The fourth-order valence-corrected chi connectivity index (χ4v) is 3.09. The van der Waals surface area contributed by atoms with Gasteiger partial charge in [-0.2, -0.15) is 5.26 Å². The third-order valence-corrected chi connectivity index (χ3v) is 4.80. The molecule has 3 rings (SSSR count). The fourth-order valence-electron chi connectivity index (χ4n) is 2.85. The van der Waals surface area contributed by atoms with Gasteiger partial charge in [0.05, 0.1) is 28.7 Å². The van der Waals surface area contributed by atoms with Crippen LogP contribution in [-0.4, -0.2) is 24.5 Å². The zero-order valence-electron chi connectivity index (χ0n) is 17.4. The van der Waals surface area contributed by atoms with Gasteiger partial charge in [0, 0.05) is 17.8 Å². The molecule has 0 bridgehead atoms. The van der Waals surface area contributed by atoms with Gasteiger partial charge in [0.1, 0.15) is 11.5 Å². The molecule has 0 atom stereocenters. The van der Waals surface area contributed by atoms with E-state index >= 15 is 0 Å². The van der Waals surface area contributed by atoms with Crippen molar-refractivity contribution < 1.29 is 19.2 Å². The Balaban J connectivity index is 1.65. The average Bonchev–Trinajstić information content (AvgIpc) is 2.82. The number of anilines is 1. The zero-order valence-corrected chi connectivity index (χ0v) is 18.2. The molecule has 0 aromatic heterocycles. The monoisotopic (exact) mass is 463 g/mol. The molecular formula is C24H18ClN3O5. The SMILES string of the molecule is COc1ccc(NC(=O)COc2ccc(/C=C(\C#N)c3ccc([N+](=O)[O-])cc3)cc2Cl)cc1. The molecule has 0 radical (unpaired) electrons. The lowest BCUT2D eigenvalue weighted by Crippen LogP contribution is -2.20. The van der Waals surface area contributed by atoms with Gasteiger partial charge in [-0.15, -0.1) is 0 Å². The smallest absolute Gasteiger partial charge is 0.269 e. The minimum absolute atomic E-state index is 0.0587. The number of halogens is 1. The molecule has 0 fully saturated rings. The lowest BCUT2D eigenvalue weighted by Gasteiger charge is -2.10. The Labute approximate surface area is 194 Å². The maximum atomic E-state index is 12.1. The molecule has 33 heavy (non-hydrogen) atoms. The first-order chi connectivity index (χ1) is 15.9. The molecule has 166 valence electrons. The fraction of sp³-hybridized carbons (Fsp3) is 0.0833. The Hall–Kier alpha value is -4.35. The summed E-state index contributed by atoms with van der Waals surface area (Å²) >= 11 is 6.28. The van der Waals surface area contributed by atoms with Gasteiger partial charge in [0.15, 0.2) is 6.61 Å². The highest BCUT2D eigenvalue weighted by Crippen LogP contribution is 2.28. The largest absolute Gasteiger partial charge is 0.497 e. The van der Waals surface area contributed by atoms with E-state index in [0.29, 0.717) is 33.9 Å². The summed E-state index contributed by atoms with van der Waals surface area (Å²) in [4.78, 5) is 22.4. The lowest BCUT2D eigenvalue weighted by molar-refractivity contribution is -0.384. The standard InChI is InChI=1S/C24H18ClN3O5/c1-32-21-9-5-19(6-10-21)27-24(29)15-33-23-11-2-16(13-22(23)25)12-18(14-26)17-3-7-20(8-4-17)28(30)31/h2-13H,15H2,1H3,(H,27,29)/b18-12+. The third kappa shape index (κ3) is 6.32. The molecule has 1 amide bonds. The number of hydrogen-bond donors (Lipinski definition) is 1. The van der Waals surface area contributed by atoms with Crippen molar-refractivity contribution in [1.82, 2.24) is 0 Å². The highest BCUT2D eigenvalue weighted by molar-refractivity contribution is 6.32. The van der Waals surface area contributed by atoms with Crippen molar-refractivity contribution >= 4 is 40.5 Å². The number of nitrogens with zero attached hydrogens (tertiary/aromatic N) is 2. The minimum Gasteiger partial charge on any atom is -0.497 e. The predicted molar refractivity (Wildman–Crippen MR) is 125 cm³/mol. The van der Waals surface area contributed by atoms with Gasteiger partial charge >= 0.3 is 0 Å². The van der Waals surface area contributed by atoms with E-state index < -0.39 is 4.92 Å². The van der Waals surface area contributed by atoms with E-state index in [-0.39, 0.29) is 23.2 Å². The summed E-state index contributed by atoms with van der Waals surface area (Å²) in [7, 11) is 1.56. The zero-order chi connectivity index (χ0) is 23.8. The van der Waals surface area contributed by atoms with E-state index in [1.165, 1.54) is 24.3 Å². The molecule has 0 saturated carbocycles. The topological polar surface area (TPSA) is 114 Å². The first-order valence-corrected chi connectivity index (χ1v) is 10.0. The van der Waals surface area contributed by atoms with E-state index in [0.717, 1.165) is 0 Å². The van der Waals surface area contributed by atoms with Gasteiger partial charge in [0.25, 0.3) is 11.6 Å². The molecule has 3 aromatic rings. The molecule has 9 heteroatoms. The number of nitriles is 1. The van der Waals surface area contributed by atoms with E-state index in [9.17, 15) is 20.2 Å². The molecule has 0 spiro atoms. The van der Waals surface area contributed by atoms with Crippen molar-refractivity contribution in [3.63, 3.8) is 0 Å². The van der Waals surface area contributed by atoms with Gasteiger partial charge in [-0.05, 0) is 65.7 Å². The summed E-state index contributed by atoms with van der Waals surface area (Å²) < 4.78 is 10.6. The Bertz CT molecular complexity index is 1230. The number of benzene rings is 3. The van der Waals surface area contributed by atoms with Crippen LogP contribution in [-0.2, 0) is 4.79 Å². The quantitative estimate of drug-likeness (QED) is 0.209. The third-order valence-electron chi connectivity index (χ3n) is 4.51. The van der Waals surface area contributed by atoms with Crippen molar-refractivity contribution in [1.29, 1.82) is 5.26 Å². The van der Waals surface area contributed by atoms with Crippen LogP contribution in [0.3, 0.4) is 0 Å². The van der Waals surface area contributed by atoms with E-state index in [4.69, 9.17) is 21.1 Å². The van der Waals surface area contributed by atoms with Crippen LogP contribution in [0.2, 0.25) is 5.02 Å². The molecule has 0 aliphatic rings.